The van der Waals surface area contributed by atoms with Crippen molar-refractivity contribution < 1.29 is 14.5 Å². The zero-order valence-corrected chi connectivity index (χ0v) is 9.71. The summed E-state index contributed by atoms with van der Waals surface area (Å²) in [4.78, 5) is 21.4. The van der Waals surface area contributed by atoms with E-state index >= 15 is 0 Å². The number of nitro benzene ring substituents is 1. The maximum Gasteiger partial charge on any atom is 0.345 e. The van der Waals surface area contributed by atoms with Gasteiger partial charge in [0.25, 0.3) is 0 Å². The highest BCUT2D eigenvalue weighted by Crippen LogP contribution is 2.34. The number of carbonyl (C=O) groups is 1. The van der Waals surface area contributed by atoms with E-state index in [-0.39, 0.29) is 22.2 Å². The Bertz CT molecular complexity index is 447. The van der Waals surface area contributed by atoms with E-state index in [1.807, 2.05) is 0 Å². The van der Waals surface area contributed by atoms with Crippen LogP contribution in [-0.2, 0) is 4.74 Å². The minimum absolute atomic E-state index is 0.0152. The third-order valence-electron chi connectivity index (χ3n) is 1.75. The Morgan fingerprint density at radius 2 is 2.12 bits per heavy atom. The summed E-state index contributed by atoms with van der Waals surface area (Å²) in [6.45, 7) is 1.72. The van der Waals surface area contributed by atoms with Crippen molar-refractivity contribution in [1.82, 2.24) is 0 Å². The zero-order chi connectivity index (χ0) is 12.3. The average Bonchev–Trinajstić information content (AvgIpc) is 2.21. The molecule has 0 spiro atoms. The Morgan fingerprint density at radius 1 is 1.50 bits per heavy atom. The van der Waals surface area contributed by atoms with Crippen LogP contribution in [0.15, 0.2) is 12.1 Å². The highest BCUT2D eigenvalue weighted by molar-refractivity contribution is 6.43. The molecule has 86 valence electrons. The van der Waals surface area contributed by atoms with Crippen LogP contribution in [0.5, 0.6) is 0 Å². The Balaban J connectivity index is 3.34. The van der Waals surface area contributed by atoms with Crippen LogP contribution in [0.1, 0.15) is 17.3 Å². The van der Waals surface area contributed by atoms with Gasteiger partial charge in [-0.15, -0.1) is 0 Å². The van der Waals surface area contributed by atoms with E-state index in [1.54, 1.807) is 6.92 Å². The lowest BCUT2D eigenvalue weighted by Gasteiger charge is -2.04. The molecule has 0 unspecified atom stereocenters. The second-order valence-corrected chi connectivity index (χ2v) is 3.52. The number of ether oxygens (including phenoxy) is 1. The van der Waals surface area contributed by atoms with Gasteiger partial charge in [-0.05, 0) is 19.1 Å². The highest BCUT2D eigenvalue weighted by atomic mass is 35.5. The SMILES string of the molecule is CCOC(=O)c1ccc(Cl)c(Cl)c1[N+](=O)[O-]. The van der Waals surface area contributed by atoms with E-state index < -0.39 is 16.6 Å². The molecule has 16 heavy (non-hydrogen) atoms. The number of hydrogen-bond donors (Lipinski definition) is 0. The Hall–Kier alpha value is -1.33. The van der Waals surface area contributed by atoms with Crippen LogP contribution >= 0.6 is 23.2 Å². The maximum absolute atomic E-state index is 11.4. The first-order chi connectivity index (χ1) is 7.49. The standard InChI is InChI=1S/C9H7Cl2NO4/c1-2-16-9(13)5-3-4-6(10)7(11)8(5)12(14)15/h3-4H,2H2,1H3. The number of hydrogen-bond acceptors (Lipinski definition) is 4. The largest absolute Gasteiger partial charge is 0.462 e. The summed E-state index contributed by atoms with van der Waals surface area (Å²) < 4.78 is 4.67. The number of esters is 1. The van der Waals surface area contributed by atoms with Gasteiger partial charge in [-0.2, -0.15) is 0 Å². The fraction of sp³-hybridized carbons (Fsp3) is 0.222. The van der Waals surface area contributed by atoms with Crippen LogP contribution in [0.4, 0.5) is 5.69 Å². The lowest BCUT2D eigenvalue weighted by atomic mass is 10.2. The molecule has 5 nitrogen and oxygen atoms in total. The van der Waals surface area contributed by atoms with Crippen molar-refractivity contribution in [2.75, 3.05) is 6.61 Å². The molecule has 0 saturated heterocycles. The molecule has 0 aromatic heterocycles. The van der Waals surface area contributed by atoms with E-state index in [1.165, 1.54) is 12.1 Å². The van der Waals surface area contributed by atoms with Crippen molar-refractivity contribution in [3.8, 4) is 0 Å². The highest BCUT2D eigenvalue weighted by Gasteiger charge is 2.26. The third kappa shape index (κ3) is 2.43. The van der Waals surface area contributed by atoms with Gasteiger partial charge < -0.3 is 4.74 Å². The number of nitro groups is 1. The molecule has 0 fully saturated rings. The topological polar surface area (TPSA) is 69.4 Å². The quantitative estimate of drug-likeness (QED) is 0.478. The summed E-state index contributed by atoms with van der Waals surface area (Å²) in [5.74, 6) is -0.798. The zero-order valence-electron chi connectivity index (χ0n) is 8.20. The molecule has 0 bridgehead atoms. The lowest BCUT2D eigenvalue weighted by Crippen LogP contribution is -2.08. The van der Waals surface area contributed by atoms with Gasteiger partial charge in [-0.3, -0.25) is 10.1 Å². The van der Waals surface area contributed by atoms with Gasteiger partial charge in [0.1, 0.15) is 10.6 Å². The Labute approximate surface area is 101 Å². The molecule has 1 aromatic rings. The minimum Gasteiger partial charge on any atom is -0.462 e. The Morgan fingerprint density at radius 3 is 2.62 bits per heavy atom. The van der Waals surface area contributed by atoms with Crippen LogP contribution < -0.4 is 0 Å². The van der Waals surface area contributed by atoms with Gasteiger partial charge in [-0.25, -0.2) is 4.79 Å². The van der Waals surface area contributed by atoms with Gasteiger partial charge in [0.05, 0.1) is 16.6 Å². The van der Waals surface area contributed by atoms with E-state index in [0.717, 1.165) is 0 Å². The molecule has 0 saturated carbocycles. The van der Waals surface area contributed by atoms with Gasteiger partial charge in [0, 0.05) is 0 Å². The summed E-state index contributed by atoms with van der Waals surface area (Å²) in [7, 11) is 0. The molecule has 0 N–H and O–H groups in total. The summed E-state index contributed by atoms with van der Waals surface area (Å²) in [5.41, 5.74) is -0.742. The fourth-order valence-corrected chi connectivity index (χ4v) is 1.48. The molecule has 0 amide bonds. The number of halogens is 2. The fourth-order valence-electron chi connectivity index (χ4n) is 1.09. The molecule has 1 aromatic carbocycles. The molecule has 0 aliphatic heterocycles. The van der Waals surface area contributed by atoms with E-state index in [4.69, 9.17) is 23.2 Å². The maximum atomic E-state index is 11.4. The number of rotatable bonds is 3. The molecule has 1 rings (SSSR count). The van der Waals surface area contributed by atoms with Crippen molar-refractivity contribution in [2.45, 2.75) is 6.92 Å². The first-order valence-corrected chi connectivity index (χ1v) is 5.04. The van der Waals surface area contributed by atoms with E-state index in [0.29, 0.717) is 0 Å². The average molecular weight is 264 g/mol. The summed E-state index contributed by atoms with van der Waals surface area (Å²) in [6, 6.07) is 2.52. The second kappa shape index (κ2) is 5.14. The summed E-state index contributed by atoms with van der Waals surface area (Å²) >= 11 is 11.3. The summed E-state index contributed by atoms with van der Waals surface area (Å²) in [5, 5.41) is 10.5. The van der Waals surface area contributed by atoms with E-state index in [9.17, 15) is 14.9 Å². The lowest BCUT2D eigenvalue weighted by molar-refractivity contribution is -0.385. The van der Waals surface area contributed by atoms with Gasteiger partial charge in [-0.1, -0.05) is 23.2 Å². The number of carbonyl (C=O) groups excluding carboxylic acids is 1. The van der Waals surface area contributed by atoms with Crippen molar-refractivity contribution in [3.63, 3.8) is 0 Å². The van der Waals surface area contributed by atoms with Crippen molar-refractivity contribution in [1.29, 1.82) is 0 Å². The molecular formula is C9H7Cl2NO4. The van der Waals surface area contributed by atoms with Crippen molar-refractivity contribution in [3.05, 3.63) is 37.9 Å². The first-order valence-electron chi connectivity index (χ1n) is 4.28. The van der Waals surface area contributed by atoms with Crippen LogP contribution in [0.2, 0.25) is 10.0 Å². The molecule has 0 atom stereocenters. The summed E-state index contributed by atoms with van der Waals surface area (Å²) in [6.07, 6.45) is 0. The van der Waals surface area contributed by atoms with Crippen LogP contribution in [-0.4, -0.2) is 17.5 Å². The van der Waals surface area contributed by atoms with Gasteiger partial charge >= 0.3 is 11.7 Å². The second-order valence-electron chi connectivity index (χ2n) is 2.74. The van der Waals surface area contributed by atoms with Crippen molar-refractivity contribution in [2.24, 2.45) is 0 Å². The smallest absolute Gasteiger partial charge is 0.345 e. The molecule has 0 radical (unpaired) electrons. The molecule has 0 aliphatic rings. The molecular weight excluding hydrogens is 257 g/mol. The predicted octanol–water partition coefficient (Wildman–Crippen LogP) is 3.08. The molecule has 0 aliphatic carbocycles. The van der Waals surface area contributed by atoms with Gasteiger partial charge in [0.2, 0.25) is 0 Å². The Kier molecular flexibility index (Phi) is 4.09. The van der Waals surface area contributed by atoms with Crippen LogP contribution in [0.3, 0.4) is 0 Å². The van der Waals surface area contributed by atoms with Crippen LogP contribution in [0, 0.1) is 10.1 Å². The normalized spacial score (nSPS) is 9.94. The minimum atomic E-state index is -0.798. The first kappa shape index (κ1) is 12.7. The number of benzene rings is 1. The van der Waals surface area contributed by atoms with E-state index in [2.05, 4.69) is 4.74 Å². The van der Waals surface area contributed by atoms with Gasteiger partial charge in [0.15, 0.2) is 0 Å². The molecule has 7 heteroatoms. The number of nitrogens with zero attached hydrogens (tertiary/aromatic N) is 1. The predicted molar refractivity (Wildman–Crippen MR) is 59.1 cm³/mol. The monoisotopic (exact) mass is 263 g/mol. The van der Waals surface area contributed by atoms with Crippen molar-refractivity contribution >= 4 is 34.9 Å². The van der Waals surface area contributed by atoms with Crippen LogP contribution in [0.25, 0.3) is 0 Å². The molecule has 0 heterocycles. The third-order valence-corrected chi connectivity index (χ3v) is 2.54.